The van der Waals surface area contributed by atoms with Gasteiger partial charge in [-0.05, 0) is 24.4 Å². The molecule has 1 N–H and O–H groups in total. The smallest absolute Gasteiger partial charge is 0.257 e. The van der Waals surface area contributed by atoms with Crippen LogP contribution in [0.15, 0.2) is 18.2 Å². The number of carbonyl (C=O) groups excluding carboxylic acids is 1. The van der Waals surface area contributed by atoms with Crippen molar-refractivity contribution in [3.05, 3.63) is 23.8 Å². The molecule has 0 aliphatic carbocycles. The second kappa shape index (κ2) is 7.24. The van der Waals surface area contributed by atoms with Crippen molar-refractivity contribution in [3.63, 3.8) is 0 Å². The Morgan fingerprint density at radius 3 is 2.29 bits per heavy atom. The number of carbonyl (C=O) groups is 1. The average Bonchev–Trinajstić information content (AvgIpc) is 2.54. The van der Waals surface area contributed by atoms with Gasteiger partial charge in [0.05, 0.1) is 27.4 Å². The van der Waals surface area contributed by atoms with Gasteiger partial charge in [-0.3, -0.25) is 10.1 Å². The number of hydrogen-bond acceptors (Lipinski definition) is 5. The zero-order valence-corrected chi connectivity index (χ0v) is 12.9. The van der Waals surface area contributed by atoms with E-state index < -0.39 is 0 Å². The number of morpholine rings is 1. The fraction of sp³-hybridized carbons (Fsp3) is 0.429. The normalized spacial score (nSPS) is 14.5. The van der Waals surface area contributed by atoms with Crippen molar-refractivity contribution in [2.24, 2.45) is 0 Å². The minimum atomic E-state index is -0.288. The van der Waals surface area contributed by atoms with Crippen molar-refractivity contribution in [1.29, 1.82) is 0 Å². The molecule has 114 valence electrons. The molecule has 1 amide bonds. The van der Waals surface area contributed by atoms with E-state index in [4.69, 9.17) is 26.4 Å². The van der Waals surface area contributed by atoms with Gasteiger partial charge in [0.15, 0.2) is 5.11 Å². The third-order valence-corrected chi connectivity index (χ3v) is 3.49. The molecular formula is C14H18N2O4S. The summed E-state index contributed by atoms with van der Waals surface area (Å²) in [6, 6.07) is 4.98. The molecule has 0 radical (unpaired) electrons. The first-order valence-corrected chi connectivity index (χ1v) is 6.96. The number of rotatable bonds is 3. The van der Waals surface area contributed by atoms with Crippen LogP contribution in [0.3, 0.4) is 0 Å². The zero-order chi connectivity index (χ0) is 15.2. The first kappa shape index (κ1) is 15.5. The lowest BCUT2D eigenvalue weighted by atomic mass is 10.2. The van der Waals surface area contributed by atoms with Crippen molar-refractivity contribution in [1.82, 2.24) is 10.2 Å². The average molecular weight is 310 g/mol. The second-order valence-electron chi connectivity index (χ2n) is 4.46. The SMILES string of the molecule is COc1cc(OC)cc(C(=O)NC(=S)N2CCOCC2)c1. The predicted octanol–water partition coefficient (Wildman–Crippen LogP) is 1.05. The van der Waals surface area contributed by atoms with E-state index in [0.717, 1.165) is 0 Å². The van der Waals surface area contributed by atoms with Gasteiger partial charge in [-0.1, -0.05) is 0 Å². The maximum atomic E-state index is 12.3. The summed E-state index contributed by atoms with van der Waals surface area (Å²) in [6.45, 7) is 2.59. The van der Waals surface area contributed by atoms with E-state index in [0.29, 0.717) is 48.5 Å². The van der Waals surface area contributed by atoms with Crippen LogP contribution in [0, 0.1) is 0 Å². The molecule has 0 bridgehead atoms. The van der Waals surface area contributed by atoms with E-state index in [1.807, 2.05) is 4.90 Å². The van der Waals surface area contributed by atoms with Crippen molar-refractivity contribution in [3.8, 4) is 11.5 Å². The van der Waals surface area contributed by atoms with Crippen LogP contribution in [0.2, 0.25) is 0 Å². The quantitative estimate of drug-likeness (QED) is 0.842. The summed E-state index contributed by atoms with van der Waals surface area (Å²) in [5.41, 5.74) is 0.432. The first-order chi connectivity index (χ1) is 10.1. The summed E-state index contributed by atoms with van der Waals surface area (Å²) in [4.78, 5) is 14.2. The fourth-order valence-corrected chi connectivity index (χ4v) is 2.23. The van der Waals surface area contributed by atoms with Gasteiger partial charge in [-0.2, -0.15) is 0 Å². The number of amides is 1. The molecular weight excluding hydrogens is 292 g/mol. The lowest BCUT2D eigenvalue weighted by Crippen LogP contribution is -2.47. The third-order valence-electron chi connectivity index (χ3n) is 3.13. The van der Waals surface area contributed by atoms with E-state index >= 15 is 0 Å². The summed E-state index contributed by atoms with van der Waals surface area (Å²) in [5, 5.41) is 3.13. The van der Waals surface area contributed by atoms with Gasteiger partial charge in [0, 0.05) is 24.7 Å². The van der Waals surface area contributed by atoms with E-state index in [2.05, 4.69) is 5.32 Å². The Balaban J connectivity index is 2.07. The van der Waals surface area contributed by atoms with E-state index in [-0.39, 0.29) is 5.91 Å². The molecule has 0 aromatic heterocycles. The Labute approximate surface area is 129 Å². The van der Waals surface area contributed by atoms with Crippen LogP contribution in [0.1, 0.15) is 10.4 Å². The van der Waals surface area contributed by atoms with Crippen LogP contribution in [-0.2, 0) is 4.74 Å². The number of thiocarbonyl (C=S) groups is 1. The van der Waals surface area contributed by atoms with Crippen molar-refractivity contribution in [2.45, 2.75) is 0 Å². The molecule has 7 heteroatoms. The third kappa shape index (κ3) is 4.05. The lowest BCUT2D eigenvalue weighted by Gasteiger charge is -2.28. The Morgan fingerprint density at radius 1 is 1.19 bits per heavy atom. The van der Waals surface area contributed by atoms with Gasteiger partial charge in [0.1, 0.15) is 11.5 Å². The molecule has 0 unspecified atom stereocenters. The summed E-state index contributed by atoms with van der Waals surface area (Å²) >= 11 is 5.25. The minimum absolute atomic E-state index is 0.288. The highest BCUT2D eigenvalue weighted by Crippen LogP contribution is 2.22. The van der Waals surface area contributed by atoms with Gasteiger partial charge >= 0.3 is 0 Å². The molecule has 2 rings (SSSR count). The summed E-state index contributed by atoms with van der Waals surface area (Å²) in [7, 11) is 3.07. The van der Waals surface area contributed by atoms with Crippen LogP contribution in [-0.4, -0.2) is 56.4 Å². The van der Waals surface area contributed by atoms with Crippen molar-refractivity contribution >= 4 is 23.2 Å². The van der Waals surface area contributed by atoms with E-state index in [1.54, 1.807) is 18.2 Å². The fourth-order valence-electron chi connectivity index (χ4n) is 1.95. The van der Waals surface area contributed by atoms with Crippen LogP contribution in [0.5, 0.6) is 11.5 Å². The number of ether oxygens (including phenoxy) is 3. The van der Waals surface area contributed by atoms with Gasteiger partial charge in [0.2, 0.25) is 0 Å². The largest absolute Gasteiger partial charge is 0.497 e. The maximum Gasteiger partial charge on any atom is 0.257 e. The molecule has 0 atom stereocenters. The van der Waals surface area contributed by atoms with Gasteiger partial charge in [-0.25, -0.2) is 0 Å². The Morgan fingerprint density at radius 2 is 1.76 bits per heavy atom. The molecule has 0 saturated carbocycles. The minimum Gasteiger partial charge on any atom is -0.497 e. The number of hydrogen-bond donors (Lipinski definition) is 1. The summed E-state index contributed by atoms with van der Waals surface area (Å²) < 4.78 is 15.6. The Hall–Kier alpha value is -1.86. The van der Waals surface area contributed by atoms with Gasteiger partial charge in [0.25, 0.3) is 5.91 Å². The molecule has 1 fully saturated rings. The molecule has 1 heterocycles. The number of nitrogens with one attached hydrogen (secondary N) is 1. The van der Waals surface area contributed by atoms with Crippen molar-refractivity contribution < 1.29 is 19.0 Å². The van der Waals surface area contributed by atoms with Gasteiger partial charge in [-0.15, -0.1) is 0 Å². The zero-order valence-electron chi connectivity index (χ0n) is 12.0. The molecule has 21 heavy (non-hydrogen) atoms. The van der Waals surface area contributed by atoms with Crippen LogP contribution in [0.25, 0.3) is 0 Å². The number of benzene rings is 1. The van der Waals surface area contributed by atoms with Crippen LogP contribution in [0.4, 0.5) is 0 Å². The molecule has 6 nitrogen and oxygen atoms in total. The highest BCUT2D eigenvalue weighted by Gasteiger charge is 2.17. The van der Waals surface area contributed by atoms with Crippen LogP contribution < -0.4 is 14.8 Å². The standard InChI is InChI=1S/C14H18N2O4S/c1-18-11-7-10(8-12(9-11)19-2)13(17)15-14(21)16-3-5-20-6-4-16/h7-9H,3-6H2,1-2H3,(H,15,17,21). The van der Waals surface area contributed by atoms with E-state index in [9.17, 15) is 4.79 Å². The molecule has 1 aliphatic rings. The summed E-state index contributed by atoms with van der Waals surface area (Å²) in [5.74, 6) is 0.817. The molecule has 1 aromatic rings. The van der Waals surface area contributed by atoms with Crippen LogP contribution >= 0.6 is 12.2 Å². The molecule has 1 saturated heterocycles. The monoisotopic (exact) mass is 310 g/mol. The van der Waals surface area contributed by atoms with Crippen molar-refractivity contribution in [2.75, 3.05) is 40.5 Å². The van der Waals surface area contributed by atoms with E-state index in [1.165, 1.54) is 14.2 Å². The second-order valence-corrected chi connectivity index (χ2v) is 4.85. The highest BCUT2D eigenvalue weighted by molar-refractivity contribution is 7.80. The number of methoxy groups -OCH3 is 2. The van der Waals surface area contributed by atoms with Gasteiger partial charge < -0.3 is 19.1 Å². The topological polar surface area (TPSA) is 60.0 Å². The highest BCUT2D eigenvalue weighted by atomic mass is 32.1. The number of nitrogens with zero attached hydrogens (tertiary/aromatic N) is 1. The maximum absolute atomic E-state index is 12.3. The summed E-state index contributed by atoms with van der Waals surface area (Å²) in [6.07, 6.45) is 0. The molecule has 1 aromatic carbocycles. The molecule has 1 aliphatic heterocycles. The predicted molar refractivity (Wildman–Crippen MR) is 82.0 cm³/mol. The first-order valence-electron chi connectivity index (χ1n) is 6.55. The lowest BCUT2D eigenvalue weighted by molar-refractivity contribution is 0.0669. The Bertz CT molecular complexity index is 507. The molecule has 0 spiro atoms. The Kier molecular flexibility index (Phi) is 5.35.